The van der Waals surface area contributed by atoms with Crippen LogP contribution in [0.1, 0.15) is 28.6 Å². The summed E-state index contributed by atoms with van der Waals surface area (Å²) < 4.78 is 2.03. The lowest BCUT2D eigenvalue weighted by molar-refractivity contribution is 0.247. The smallest absolute Gasteiger partial charge is 0.319 e. The van der Waals surface area contributed by atoms with E-state index in [1.165, 1.54) is 5.56 Å². The summed E-state index contributed by atoms with van der Waals surface area (Å²) in [6.07, 6.45) is 0.517. The minimum absolute atomic E-state index is 0.361. The molecule has 5 aromatic rings. The molecule has 2 N–H and O–H groups in total. The van der Waals surface area contributed by atoms with Crippen LogP contribution in [0.5, 0.6) is 0 Å². The van der Waals surface area contributed by atoms with Crippen LogP contribution < -0.4 is 10.6 Å². The van der Waals surface area contributed by atoms with Crippen LogP contribution in [0.25, 0.3) is 5.69 Å². The summed E-state index contributed by atoms with van der Waals surface area (Å²) in [5.74, 6) is 1.37. The Morgan fingerprint density at radius 3 is 2.20 bits per heavy atom. The summed E-state index contributed by atoms with van der Waals surface area (Å²) in [5.41, 5.74) is 4.85. The molecular weight excluding hydrogens is 561 g/mol. The van der Waals surface area contributed by atoms with Crippen molar-refractivity contribution < 1.29 is 4.79 Å². The molecule has 0 aliphatic rings. The van der Waals surface area contributed by atoms with Gasteiger partial charge in [0, 0.05) is 23.5 Å². The van der Waals surface area contributed by atoms with Crippen LogP contribution >= 0.6 is 35.0 Å². The summed E-state index contributed by atoms with van der Waals surface area (Å²) in [4.78, 5) is 13.2. The second kappa shape index (κ2) is 13.0. The Labute approximate surface area is 247 Å². The molecule has 6 nitrogen and oxygen atoms in total. The maximum absolute atomic E-state index is 13.2. The van der Waals surface area contributed by atoms with Crippen molar-refractivity contribution in [3.05, 3.63) is 136 Å². The van der Waals surface area contributed by atoms with Gasteiger partial charge < -0.3 is 10.6 Å². The molecule has 0 aliphatic heterocycles. The van der Waals surface area contributed by atoms with Crippen molar-refractivity contribution in [2.45, 2.75) is 30.3 Å². The molecular formula is C31H27Cl2N5OS. The average Bonchev–Trinajstić information content (AvgIpc) is 3.39. The summed E-state index contributed by atoms with van der Waals surface area (Å²) in [6, 6.07) is 32.5. The minimum Gasteiger partial charge on any atom is -0.327 e. The van der Waals surface area contributed by atoms with Gasteiger partial charge in [-0.05, 0) is 48.4 Å². The molecule has 4 aromatic carbocycles. The summed E-state index contributed by atoms with van der Waals surface area (Å²) in [6.45, 7) is 2.05. The van der Waals surface area contributed by atoms with Gasteiger partial charge in [0.15, 0.2) is 11.0 Å². The van der Waals surface area contributed by atoms with Crippen LogP contribution in [0.3, 0.4) is 0 Å². The van der Waals surface area contributed by atoms with Crippen molar-refractivity contribution in [2.24, 2.45) is 0 Å². The Morgan fingerprint density at radius 2 is 1.52 bits per heavy atom. The van der Waals surface area contributed by atoms with Crippen LogP contribution in [0.2, 0.25) is 10.0 Å². The van der Waals surface area contributed by atoms with E-state index in [4.69, 9.17) is 23.2 Å². The highest BCUT2D eigenvalue weighted by Gasteiger charge is 2.25. The molecule has 1 atom stereocenters. The fourth-order valence-corrected chi connectivity index (χ4v) is 5.43. The van der Waals surface area contributed by atoms with Gasteiger partial charge in [-0.2, -0.15) is 0 Å². The third-order valence-corrected chi connectivity index (χ3v) is 7.98. The topological polar surface area (TPSA) is 71.8 Å². The number of rotatable bonds is 9. The molecule has 0 bridgehead atoms. The summed E-state index contributed by atoms with van der Waals surface area (Å²) >= 11 is 13.8. The molecule has 202 valence electrons. The summed E-state index contributed by atoms with van der Waals surface area (Å²) in [7, 11) is 0. The highest BCUT2D eigenvalue weighted by molar-refractivity contribution is 7.98. The predicted molar refractivity (Wildman–Crippen MR) is 164 cm³/mol. The number of hydrogen-bond acceptors (Lipinski definition) is 4. The molecule has 0 saturated carbocycles. The van der Waals surface area contributed by atoms with Crippen molar-refractivity contribution in [1.82, 2.24) is 20.1 Å². The Morgan fingerprint density at radius 1 is 0.850 bits per heavy atom. The largest absolute Gasteiger partial charge is 0.327 e. The van der Waals surface area contributed by atoms with E-state index in [1.807, 2.05) is 65.2 Å². The van der Waals surface area contributed by atoms with Crippen molar-refractivity contribution in [1.29, 1.82) is 0 Å². The summed E-state index contributed by atoms with van der Waals surface area (Å²) in [5, 5.41) is 16.7. The molecule has 0 radical (unpaired) electrons. The average molecular weight is 589 g/mol. The first-order valence-electron chi connectivity index (χ1n) is 12.7. The van der Waals surface area contributed by atoms with Gasteiger partial charge in [-0.25, -0.2) is 4.79 Å². The van der Waals surface area contributed by atoms with Crippen LogP contribution in [-0.4, -0.2) is 20.8 Å². The number of carbonyl (C=O) groups is 1. The first kappa shape index (κ1) is 27.8. The van der Waals surface area contributed by atoms with E-state index in [1.54, 1.807) is 30.0 Å². The maximum atomic E-state index is 13.2. The number of aryl methyl sites for hydroxylation is 1. The lowest BCUT2D eigenvalue weighted by Gasteiger charge is -2.21. The number of hydrogen-bond donors (Lipinski definition) is 2. The maximum Gasteiger partial charge on any atom is 0.319 e. The fraction of sp³-hybridized carbons (Fsp3) is 0.129. The van der Waals surface area contributed by atoms with Crippen LogP contribution in [0.15, 0.2) is 108 Å². The number of halogens is 2. The zero-order valence-electron chi connectivity index (χ0n) is 21.7. The first-order valence-corrected chi connectivity index (χ1v) is 14.5. The third kappa shape index (κ3) is 7.04. The van der Waals surface area contributed by atoms with Crippen molar-refractivity contribution in [3.63, 3.8) is 0 Å². The molecule has 0 saturated heterocycles. The third-order valence-electron chi connectivity index (χ3n) is 6.24. The molecule has 2 amide bonds. The number of amides is 2. The predicted octanol–water partition coefficient (Wildman–Crippen LogP) is 8.28. The number of anilines is 1. The van der Waals surface area contributed by atoms with Gasteiger partial charge in [-0.1, -0.05) is 113 Å². The lowest BCUT2D eigenvalue weighted by Crippen LogP contribution is -2.35. The zero-order valence-corrected chi connectivity index (χ0v) is 24.0. The van der Waals surface area contributed by atoms with Crippen molar-refractivity contribution >= 4 is 46.7 Å². The van der Waals surface area contributed by atoms with Gasteiger partial charge in [0.1, 0.15) is 0 Å². The van der Waals surface area contributed by atoms with E-state index >= 15 is 0 Å². The minimum atomic E-state index is -0.481. The van der Waals surface area contributed by atoms with Crippen molar-refractivity contribution in [3.8, 4) is 5.69 Å². The number of nitrogens with one attached hydrogen (secondary N) is 2. The van der Waals surface area contributed by atoms with E-state index in [0.717, 1.165) is 27.7 Å². The van der Waals surface area contributed by atoms with Gasteiger partial charge in [0.25, 0.3) is 0 Å². The molecule has 9 heteroatoms. The molecule has 1 aromatic heterocycles. The standard InChI is InChI=1S/C31H27Cl2N5OS/c1-21-12-15-25(16-13-21)38-29(36-37-31(38)40-20-23-10-6-3-7-11-23)28(18-22-8-4-2-5-9-22)35-30(39)34-24-14-17-26(32)27(33)19-24/h2-17,19,28H,18,20H2,1H3,(H2,34,35,39). The number of aromatic nitrogens is 3. The molecule has 0 spiro atoms. The molecule has 40 heavy (non-hydrogen) atoms. The number of nitrogens with zero attached hydrogens (tertiary/aromatic N) is 3. The Balaban J connectivity index is 1.49. The van der Waals surface area contributed by atoms with E-state index in [9.17, 15) is 4.79 Å². The Kier molecular flexibility index (Phi) is 9.06. The van der Waals surface area contributed by atoms with Gasteiger partial charge in [-0.15, -0.1) is 10.2 Å². The Hall–Kier alpha value is -3.78. The lowest BCUT2D eigenvalue weighted by atomic mass is 10.1. The SMILES string of the molecule is Cc1ccc(-n2c(SCc3ccccc3)nnc2C(Cc2ccccc2)NC(=O)Nc2ccc(Cl)c(Cl)c2)cc1. The molecule has 5 rings (SSSR count). The fourth-order valence-electron chi connectivity index (χ4n) is 4.22. The highest BCUT2D eigenvalue weighted by atomic mass is 35.5. The van der Waals surface area contributed by atoms with Gasteiger partial charge in [0.2, 0.25) is 0 Å². The molecule has 1 heterocycles. The quantitative estimate of drug-likeness (QED) is 0.170. The van der Waals surface area contributed by atoms with Crippen LogP contribution in [-0.2, 0) is 12.2 Å². The van der Waals surface area contributed by atoms with Crippen LogP contribution in [0.4, 0.5) is 10.5 Å². The number of carbonyl (C=O) groups excluding carboxylic acids is 1. The van der Waals surface area contributed by atoms with E-state index in [-0.39, 0.29) is 0 Å². The Bertz CT molecular complexity index is 1580. The number of thioether (sulfide) groups is 1. The van der Waals surface area contributed by atoms with Crippen LogP contribution in [0, 0.1) is 6.92 Å². The second-order valence-corrected chi connectivity index (χ2v) is 11.0. The van der Waals surface area contributed by atoms with E-state index < -0.39 is 12.1 Å². The normalized spacial score (nSPS) is 11.7. The molecule has 0 fully saturated rings. The first-order chi connectivity index (χ1) is 19.5. The number of urea groups is 1. The van der Waals surface area contributed by atoms with Gasteiger partial charge in [0.05, 0.1) is 16.1 Å². The van der Waals surface area contributed by atoms with Gasteiger partial charge in [-0.3, -0.25) is 4.57 Å². The number of benzene rings is 4. The highest BCUT2D eigenvalue weighted by Crippen LogP contribution is 2.30. The van der Waals surface area contributed by atoms with Gasteiger partial charge >= 0.3 is 6.03 Å². The molecule has 1 unspecified atom stereocenters. The second-order valence-electron chi connectivity index (χ2n) is 9.26. The monoisotopic (exact) mass is 587 g/mol. The van der Waals surface area contributed by atoms with Crippen molar-refractivity contribution in [2.75, 3.05) is 5.32 Å². The van der Waals surface area contributed by atoms with E-state index in [2.05, 4.69) is 52.0 Å². The zero-order chi connectivity index (χ0) is 27.9. The molecule has 0 aliphatic carbocycles. The van der Waals surface area contributed by atoms with E-state index in [0.29, 0.717) is 28.0 Å².